The number of amides is 1. The molecule has 2 aromatic carbocycles. The van der Waals surface area contributed by atoms with Crippen molar-refractivity contribution in [2.45, 2.75) is 32.7 Å². The van der Waals surface area contributed by atoms with E-state index in [2.05, 4.69) is 37.4 Å². The third kappa shape index (κ3) is 5.68. The molecule has 2 aromatic rings. The van der Waals surface area contributed by atoms with Gasteiger partial charge in [0.05, 0.1) is 6.04 Å². The Balaban J connectivity index is 1.91. The lowest BCUT2D eigenvalue weighted by Crippen LogP contribution is -2.34. The number of halogens is 1. The third-order valence-corrected chi connectivity index (χ3v) is 4.47. The average Bonchev–Trinajstić information content (AvgIpc) is 2.54. The molecule has 0 aromatic heterocycles. The first-order valence-corrected chi connectivity index (χ1v) is 8.61. The number of benzene rings is 2. The van der Waals surface area contributed by atoms with Crippen molar-refractivity contribution in [2.75, 3.05) is 20.6 Å². The summed E-state index contributed by atoms with van der Waals surface area (Å²) in [6.07, 6.45) is 1.18. The third-order valence-electron chi connectivity index (χ3n) is 4.47. The molecule has 2 rings (SSSR count). The van der Waals surface area contributed by atoms with Crippen LogP contribution >= 0.6 is 0 Å². The highest BCUT2D eigenvalue weighted by atomic mass is 19.1. The minimum atomic E-state index is -0.259. The Kier molecular flexibility index (Phi) is 6.71. The normalized spacial score (nSPS) is 12.2. The molecule has 0 fully saturated rings. The number of carbonyl (C=O) groups excluding carboxylic acids is 1. The van der Waals surface area contributed by atoms with E-state index in [0.717, 1.165) is 12.0 Å². The van der Waals surface area contributed by atoms with Crippen molar-refractivity contribution in [3.05, 3.63) is 70.5 Å². The van der Waals surface area contributed by atoms with Crippen LogP contribution in [0, 0.1) is 19.7 Å². The summed E-state index contributed by atoms with van der Waals surface area (Å²) in [4.78, 5) is 14.2. The Morgan fingerprint density at radius 3 is 2.56 bits per heavy atom. The molecule has 1 amide bonds. The minimum Gasteiger partial charge on any atom is -0.354 e. The number of rotatable bonds is 7. The van der Waals surface area contributed by atoms with Crippen molar-refractivity contribution in [1.82, 2.24) is 10.2 Å². The fraction of sp³-hybridized carbons (Fsp3) is 0.381. The molecule has 0 heterocycles. The van der Waals surface area contributed by atoms with E-state index in [4.69, 9.17) is 0 Å². The first-order chi connectivity index (χ1) is 11.9. The zero-order chi connectivity index (χ0) is 18.4. The molecule has 0 bridgehead atoms. The van der Waals surface area contributed by atoms with Crippen LogP contribution < -0.4 is 5.32 Å². The maximum Gasteiger partial charge on any atom is 0.220 e. The topological polar surface area (TPSA) is 32.3 Å². The first kappa shape index (κ1) is 19.1. The highest BCUT2D eigenvalue weighted by Crippen LogP contribution is 2.18. The van der Waals surface area contributed by atoms with Gasteiger partial charge in [-0.15, -0.1) is 0 Å². The lowest BCUT2D eigenvalue weighted by molar-refractivity contribution is -0.121. The van der Waals surface area contributed by atoms with Gasteiger partial charge in [0.1, 0.15) is 5.82 Å². The van der Waals surface area contributed by atoms with Crippen molar-refractivity contribution in [3.8, 4) is 0 Å². The predicted molar refractivity (Wildman–Crippen MR) is 100 cm³/mol. The molecule has 0 saturated heterocycles. The second-order valence-corrected chi connectivity index (χ2v) is 6.77. The van der Waals surface area contributed by atoms with E-state index in [-0.39, 0.29) is 17.8 Å². The SMILES string of the molecule is Cc1ccc(CCC(=O)NC[C@H](c2cccc(F)c2)N(C)C)c(C)c1. The van der Waals surface area contributed by atoms with Crippen molar-refractivity contribution >= 4 is 5.91 Å². The molecule has 25 heavy (non-hydrogen) atoms. The molecular weight excluding hydrogens is 315 g/mol. The van der Waals surface area contributed by atoms with E-state index >= 15 is 0 Å². The van der Waals surface area contributed by atoms with Gasteiger partial charge in [-0.3, -0.25) is 4.79 Å². The molecule has 4 heteroatoms. The second-order valence-electron chi connectivity index (χ2n) is 6.77. The van der Waals surface area contributed by atoms with E-state index < -0.39 is 0 Å². The van der Waals surface area contributed by atoms with Gasteiger partial charge in [0.15, 0.2) is 0 Å². The Morgan fingerprint density at radius 1 is 1.16 bits per heavy atom. The standard InChI is InChI=1S/C21H27FN2O/c1-15-8-9-17(16(2)12-15)10-11-21(25)23-14-20(24(3)4)18-6-5-7-19(22)13-18/h5-9,12-13,20H,10-11,14H2,1-4H3,(H,23,25)/t20-/m1/s1. The lowest BCUT2D eigenvalue weighted by atomic mass is 10.0. The smallest absolute Gasteiger partial charge is 0.220 e. The maximum absolute atomic E-state index is 13.5. The molecule has 0 aliphatic heterocycles. The second kappa shape index (κ2) is 8.77. The van der Waals surface area contributed by atoms with Crippen LogP contribution in [0.4, 0.5) is 4.39 Å². The number of aryl methyl sites for hydroxylation is 3. The molecule has 0 unspecified atom stereocenters. The number of carbonyl (C=O) groups is 1. The summed E-state index contributed by atoms with van der Waals surface area (Å²) < 4.78 is 13.5. The molecular formula is C21H27FN2O. The average molecular weight is 342 g/mol. The summed E-state index contributed by atoms with van der Waals surface area (Å²) in [5.74, 6) is -0.242. The molecule has 134 valence electrons. The summed E-state index contributed by atoms with van der Waals surface area (Å²) in [6.45, 7) is 4.60. The van der Waals surface area contributed by atoms with Gasteiger partial charge in [0.25, 0.3) is 0 Å². The van der Waals surface area contributed by atoms with Gasteiger partial charge in [-0.2, -0.15) is 0 Å². The highest BCUT2D eigenvalue weighted by Gasteiger charge is 2.16. The van der Waals surface area contributed by atoms with Crippen molar-refractivity contribution in [3.63, 3.8) is 0 Å². The van der Waals surface area contributed by atoms with E-state index in [1.54, 1.807) is 6.07 Å². The summed E-state index contributed by atoms with van der Waals surface area (Å²) in [5.41, 5.74) is 4.52. The Bertz CT molecular complexity index is 728. The quantitative estimate of drug-likeness (QED) is 0.830. The first-order valence-electron chi connectivity index (χ1n) is 8.61. The lowest BCUT2D eigenvalue weighted by Gasteiger charge is -2.25. The Morgan fingerprint density at radius 2 is 1.92 bits per heavy atom. The highest BCUT2D eigenvalue weighted by molar-refractivity contribution is 5.76. The van der Waals surface area contributed by atoms with Crippen LogP contribution in [0.1, 0.15) is 34.7 Å². The van der Waals surface area contributed by atoms with Crippen LogP contribution in [0.15, 0.2) is 42.5 Å². The number of likely N-dealkylation sites (N-methyl/N-ethyl adjacent to an activating group) is 1. The fourth-order valence-corrected chi connectivity index (χ4v) is 2.99. The van der Waals surface area contributed by atoms with Crippen molar-refractivity contribution < 1.29 is 9.18 Å². The molecule has 0 radical (unpaired) electrons. The summed E-state index contributed by atoms with van der Waals surface area (Å²) in [5, 5.41) is 2.98. The van der Waals surface area contributed by atoms with Crippen LogP contribution in [0.5, 0.6) is 0 Å². The van der Waals surface area contributed by atoms with Crippen molar-refractivity contribution in [2.24, 2.45) is 0 Å². The molecule has 0 aliphatic carbocycles. The largest absolute Gasteiger partial charge is 0.354 e. The van der Waals surface area contributed by atoms with Crippen LogP contribution in [-0.2, 0) is 11.2 Å². The van der Waals surface area contributed by atoms with E-state index in [0.29, 0.717) is 13.0 Å². The van der Waals surface area contributed by atoms with Gasteiger partial charge < -0.3 is 10.2 Å². The summed E-state index contributed by atoms with van der Waals surface area (Å²) >= 11 is 0. The van der Waals surface area contributed by atoms with Gasteiger partial charge in [-0.25, -0.2) is 4.39 Å². The number of hydrogen-bond donors (Lipinski definition) is 1. The molecule has 0 spiro atoms. The zero-order valence-corrected chi connectivity index (χ0v) is 15.5. The van der Waals surface area contributed by atoms with Gasteiger partial charge in [-0.1, -0.05) is 35.9 Å². The fourth-order valence-electron chi connectivity index (χ4n) is 2.99. The van der Waals surface area contributed by atoms with E-state index in [1.807, 2.05) is 25.1 Å². The van der Waals surface area contributed by atoms with E-state index in [1.165, 1.54) is 28.8 Å². The monoisotopic (exact) mass is 342 g/mol. The molecule has 1 atom stereocenters. The van der Waals surface area contributed by atoms with E-state index in [9.17, 15) is 9.18 Å². The van der Waals surface area contributed by atoms with Crippen LogP contribution in [-0.4, -0.2) is 31.4 Å². The summed E-state index contributed by atoms with van der Waals surface area (Å²) in [6, 6.07) is 12.8. The molecule has 0 aliphatic rings. The molecule has 3 nitrogen and oxygen atoms in total. The Labute approximate surface area is 149 Å². The van der Waals surface area contributed by atoms with Crippen LogP contribution in [0.25, 0.3) is 0 Å². The molecule has 1 N–H and O–H groups in total. The Hall–Kier alpha value is -2.20. The van der Waals surface area contributed by atoms with Crippen molar-refractivity contribution in [1.29, 1.82) is 0 Å². The van der Waals surface area contributed by atoms with Gasteiger partial charge >= 0.3 is 0 Å². The van der Waals surface area contributed by atoms with Gasteiger partial charge in [-0.05, 0) is 63.2 Å². The number of hydrogen-bond acceptors (Lipinski definition) is 2. The number of nitrogens with zero attached hydrogens (tertiary/aromatic N) is 1. The summed E-state index contributed by atoms with van der Waals surface area (Å²) in [7, 11) is 3.86. The maximum atomic E-state index is 13.5. The zero-order valence-electron chi connectivity index (χ0n) is 15.5. The van der Waals surface area contributed by atoms with Gasteiger partial charge in [0, 0.05) is 13.0 Å². The molecule has 0 saturated carbocycles. The minimum absolute atomic E-state index is 0.0169. The number of nitrogens with one attached hydrogen (secondary N) is 1. The van der Waals surface area contributed by atoms with Crippen LogP contribution in [0.2, 0.25) is 0 Å². The predicted octanol–water partition coefficient (Wildman–Crippen LogP) is 3.79. The van der Waals surface area contributed by atoms with Gasteiger partial charge in [0.2, 0.25) is 5.91 Å². The van der Waals surface area contributed by atoms with Crippen LogP contribution in [0.3, 0.4) is 0 Å².